The van der Waals surface area contributed by atoms with Crippen LogP contribution in [0.15, 0.2) is 30.3 Å². The summed E-state index contributed by atoms with van der Waals surface area (Å²) in [5.41, 5.74) is 0.708. The van der Waals surface area contributed by atoms with Crippen LogP contribution < -0.4 is 0 Å². The first-order valence-electron chi connectivity index (χ1n) is 6.87. The van der Waals surface area contributed by atoms with Crippen LogP contribution in [0.3, 0.4) is 0 Å². The van der Waals surface area contributed by atoms with Gasteiger partial charge in [0.1, 0.15) is 5.60 Å². The molecule has 3 aliphatic rings. The highest BCUT2D eigenvalue weighted by molar-refractivity contribution is 5.70. The summed E-state index contributed by atoms with van der Waals surface area (Å²) in [7, 11) is 0. The van der Waals surface area contributed by atoms with E-state index in [1.54, 1.807) is 0 Å². The minimum atomic E-state index is -0.437. The average Bonchev–Trinajstić information content (AvgIpc) is 2.91. The van der Waals surface area contributed by atoms with E-state index in [1.807, 2.05) is 30.3 Å². The Morgan fingerprint density at radius 1 is 1.37 bits per heavy atom. The molecule has 0 N–H and O–H groups in total. The standard InChI is InChI=1S/C16H17NO2/c17-11-14-8-13-9-16(14,10-13)19-15(18)7-6-12-4-2-1-3-5-12/h1-5,13-14H,6-10H2. The number of rotatable bonds is 4. The van der Waals surface area contributed by atoms with Gasteiger partial charge in [0.25, 0.3) is 0 Å². The van der Waals surface area contributed by atoms with E-state index >= 15 is 0 Å². The third-order valence-corrected chi connectivity index (χ3v) is 4.41. The molecule has 3 fully saturated rings. The molecule has 3 heteroatoms. The van der Waals surface area contributed by atoms with E-state index in [0.717, 1.165) is 24.8 Å². The Hall–Kier alpha value is -1.82. The Labute approximate surface area is 113 Å². The summed E-state index contributed by atoms with van der Waals surface area (Å²) in [6, 6.07) is 12.2. The van der Waals surface area contributed by atoms with Crippen LogP contribution in [0.5, 0.6) is 0 Å². The van der Waals surface area contributed by atoms with Crippen molar-refractivity contribution < 1.29 is 9.53 Å². The Morgan fingerprint density at radius 3 is 2.79 bits per heavy atom. The van der Waals surface area contributed by atoms with Crippen molar-refractivity contribution in [2.75, 3.05) is 0 Å². The van der Waals surface area contributed by atoms with Crippen molar-refractivity contribution in [2.24, 2.45) is 11.8 Å². The van der Waals surface area contributed by atoms with Crippen LogP contribution in [0.25, 0.3) is 0 Å². The van der Waals surface area contributed by atoms with Gasteiger partial charge < -0.3 is 4.74 Å². The molecule has 3 saturated carbocycles. The number of aryl methyl sites for hydroxylation is 1. The van der Waals surface area contributed by atoms with Crippen molar-refractivity contribution in [2.45, 2.75) is 37.7 Å². The van der Waals surface area contributed by atoms with E-state index in [-0.39, 0.29) is 11.9 Å². The summed E-state index contributed by atoms with van der Waals surface area (Å²) in [5.74, 6) is 0.356. The zero-order valence-corrected chi connectivity index (χ0v) is 10.8. The Bertz CT molecular complexity index is 511. The fourth-order valence-corrected chi connectivity index (χ4v) is 3.41. The van der Waals surface area contributed by atoms with E-state index in [2.05, 4.69) is 6.07 Å². The highest BCUT2D eigenvalue weighted by Crippen LogP contribution is 2.57. The van der Waals surface area contributed by atoms with E-state index in [9.17, 15) is 4.79 Å². The van der Waals surface area contributed by atoms with Crippen molar-refractivity contribution in [1.82, 2.24) is 0 Å². The van der Waals surface area contributed by atoms with Gasteiger partial charge in [0.2, 0.25) is 0 Å². The molecule has 98 valence electrons. The molecular weight excluding hydrogens is 238 g/mol. The number of benzene rings is 1. The Balaban J connectivity index is 1.54. The lowest BCUT2D eigenvalue weighted by Crippen LogP contribution is -2.44. The zero-order chi connectivity index (χ0) is 13.3. The molecule has 0 spiro atoms. The molecule has 19 heavy (non-hydrogen) atoms. The lowest BCUT2D eigenvalue weighted by atomic mass is 9.77. The van der Waals surface area contributed by atoms with Crippen LogP contribution in [0, 0.1) is 23.2 Å². The van der Waals surface area contributed by atoms with Crippen molar-refractivity contribution >= 4 is 5.97 Å². The van der Waals surface area contributed by atoms with Crippen LogP contribution in [-0.2, 0) is 16.0 Å². The second-order valence-electron chi connectivity index (χ2n) is 5.72. The summed E-state index contributed by atoms with van der Waals surface area (Å²) < 4.78 is 5.63. The van der Waals surface area contributed by atoms with Crippen molar-refractivity contribution in [3.63, 3.8) is 0 Å². The Kier molecular flexibility index (Phi) is 3.02. The summed E-state index contributed by atoms with van der Waals surface area (Å²) in [5, 5.41) is 9.11. The lowest BCUT2D eigenvalue weighted by Gasteiger charge is -2.38. The molecule has 1 unspecified atom stereocenters. The molecule has 2 bridgehead atoms. The normalized spacial score (nSPS) is 31.3. The first-order valence-corrected chi connectivity index (χ1v) is 6.87. The molecule has 0 aliphatic heterocycles. The van der Waals surface area contributed by atoms with Gasteiger partial charge in [-0.3, -0.25) is 4.79 Å². The molecule has 1 aromatic rings. The van der Waals surface area contributed by atoms with Crippen LogP contribution in [-0.4, -0.2) is 11.6 Å². The van der Waals surface area contributed by atoms with Gasteiger partial charge in [-0.2, -0.15) is 5.26 Å². The number of hydrogen-bond acceptors (Lipinski definition) is 3. The number of hydrogen-bond donors (Lipinski definition) is 0. The fraction of sp³-hybridized carbons (Fsp3) is 0.500. The van der Waals surface area contributed by atoms with Crippen LogP contribution in [0.4, 0.5) is 0 Å². The van der Waals surface area contributed by atoms with E-state index in [4.69, 9.17) is 10.00 Å². The number of esters is 1. The third-order valence-electron chi connectivity index (χ3n) is 4.41. The van der Waals surface area contributed by atoms with E-state index in [1.165, 1.54) is 0 Å². The van der Waals surface area contributed by atoms with Crippen molar-refractivity contribution in [1.29, 1.82) is 5.26 Å². The SMILES string of the molecule is N#CC1CC2CC1(OC(=O)CCc1ccccc1)C2. The van der Waals surface area contributed by atoms with Gasteiger partial charge in [0, 0.05) is 6.42 Å². The molecule has 0 saturated heterocycles. The summed E-state index contributed by atoms with van der Waals surface area (Å²) >= 11 is 0. The molecule has 1 atom stereocenters. The van der Waals surface area contributed by atoms with E-state index in [0.29, 0.717) is 18.8 Å². The first kappa shape index (κ1) is 12.2. The fourth-order valence-electron chi connectivity index (χ4n) is 3.41. The summed E-state index contributed by atoms with van der Waals surface area (Å²) in [4.78, 5) is 11.9. The number of nitriles is 1. The highest BCUT2D eigenvalue weighted by Gasteiger charge is 2.60. The predicted octanol–water partition coefficient (Wildman–Crippen LogP) is 2.85. The maximum atomic E-state index is 11.9. The highest BCUT2D eigenvalue weighted by atomic mass is 16.6. The maximum absolute atomic E-state index is 11.9. The number of fused-ring (bicyclic) bond motifs is 1. The quantitative estimate of drug-likeness (QED) is 0.777. The number of carbonyl (C=O) groups excluding carboxylic acids is 1. The second-order valence-corrected chi connectivity index (χ2v) is 5.72. The van der Waals surface area contributed by atoms with Crippen LogP contribution in [0.2, 0.25) is 0 Å². The van der Waals surface area contributed by atoms with Crippen molar-refractivity contribution in [3.8, 4) is 6.07 Å². The van der Waals surface area contributed by atoms with Gasteiger partial charge in [0.15, 0.2) is 0 Å². The number of carbonyl (C=O) groups is 1. The van der Waals surface area contributed by atoms with Gasteiger partial charge in [0.05, 0.1) is 12.0 Å². The molecule has 4 rings (SSSR count). The van der Waals surface area contributed by atoms with Gasteiger partial charge in [-0.15, -0.1) is 0 Å². The monoisotopic (exact) mass is 255 g/mol. The molecule has 0 radical (unpaired) electrons. The predicted molar refractivity (Wildman–Crippen MR) is 70.0 cm³/mol. The van der Waals surface area contributed by atoms with Crippen LogP contribution >= 0.6 is 0 Å². The molecule has 3 aliphatic carbocycles. The largest absolute Gasteiger partial charge is 0.458 e. The topological polar surface area (TPSA) is 50.1 Å². The smallest absolute Gasteiger partial charge is 0.306 e. The van der Waals surface area contributed by atoms with Gasteiger partial charge in [-0.25, -0.2) is 0 Å². The van der Waals surface area contributed by atoms with Crippen LogP contribution in [0.1, 0.15) is 31.2 Å². The molecule has 3 nitrogen and oxygen atoms in total. The van der Waals surface area contributed by atoms with E-state index < -0.39 is 5.60 Å². The van der Waals surface area contributed by atoms with Gasteiger partial charge >= 0.3 is 5.97 Å². The summed E-state index contributed by atoms with van der Waals surface area (Å²) in [6.07, 6.45) is 3.79. The zero-order valence-electron chi connectivity index (χ0n) is 10.8. The number of ether oxygens (including phenoxy) is 1. The molecular formula is C16H17NO2. The summed E-state index contributed by atoms with van der Waals surface area (Å²) in [6.45, 7) is 0. The molecule has 0 aromatic heterocycles. The minimum absolute atomic E-state index is 0.0850. The second kappa shape index (κ2) is 4.70. The average molecular weight is 255 g/mol. The minimum Gasteiger partial charge on any atom is -0.458 e. The first-order chi connectivity index (χ1) is 9.22. The third kappa shape index (κ3) is 2.23. The van der Waals surface area contributed by atoms with Gasteiger partial charge in [-0.05, 0) is 37.2 Å². The Morgan fingerprint density at radius 2 is 2.11 bits per heavy atom. The number of nitrogens with zero attached hydrogens (tertiary/aromatic N) is 1. The van der Waals surface area contributed by atoms with Gasteiger partial charge in [-0.1, -0.05) is 30.3 Å². The van der Waals surface area contributed by atoms with Crippen molar-refractivity contribution in [3.05, 3.63) is 35.9 Å². The molecule has 0 heterocycles. The molecule has 1 aromatic carbocycles. The lowest BCUT2D eigenvalue weighted by molar-refractivity contribution is -0.170. The maximum Gasteiger partial charge on any atom is 0.306 e. The molecule has 0 amide bonds.